The molecule has 1 aromatic carbocycles. The molecule has 18 heavy (non-hydrogen) atoms. The molecule has 0 saturated carbocycles. The molecular weight excluding hydrogens is 290 g/mol. The topological polar surface area (TPSA) is 20.3 Å². The van der Waals surface area contributed by atoms with Gasteiger partial charge in [-0.05, 0) is 31.4 Å². The molecule has 0 N–H and O–H groups in total. The summed E-state index contributed by atoms with van der Waals surface area (Å²) in [5, 5.41) is 0. The number of carbonyl (C=O) groups excluding carboxylic acids is 1. The van der Waals surface area contributed by atoms with Crippen LogP contribution in [0.5, 0.6) is 0 Å². The predicted octanol–water partition coefficient (Wildman–Crippen LogP) is 3.75. The molecule has 1 fully saturated rings. The fourth-order valence-electron chi connectivity index (χ4n) is 2.57. The highest BCUT2D eigenvalue weighted by Crippen LogP contribution is 2.19. The van der Waals surface area contributed by atoms with Gasteiger partial charge in [0.1, 0.15) is 0 Å². The molecule has 1 heterocycles. The molecule has 0 aliphatic carbocycles. The first-order chi connectivity index (χ1) is 8.66. The molecule has 0 amide bonds. The summed E-state index contributed by atoms with van der Waals surface area (Å²) >= 11 is 3.44. The molecule has 1 saturated heterocycles. The minimum absolute atomic E-state index is 0.237. The Balaban J connectivity index is 1.87. The zero-order valence-corrected chi connectivity index (χ0v) is 12.4. The van der Waals surface area contributed by atoms with Gasteiger partial charge in [0, 0.05) is 29.5 Å². The lowest BCUT2D eigenvalue weighted by Crippen LogP contribution is -2.35. The van der Waals surface area contributed by atoms with Gasteiger partial charge < -0.3 is 4.90 Å². The van der Waals surface area contributed by atoms with E-state index in [0.717, 1.165) is 35.6 Å². The Hall–Kier alpha value is -0.670. The second-order valence-electron chi connectivity index (χ2n) is 5.20. The molecule has 1 aliphatic heterocycles. The number of hydrogen-bond donors (Lipinski definition) is 0. The maximum Gasteiger partial charge on any atom is 0.165 e. The number of benzene rings is 1. The van der Waals surface area contributed by atoms with Gasteiger partial charge in [0.15, 0.2) is 5.78 Å². The third-order valence-corrected chi connectivity index (χ3v) is 4.26. The maximum atomic E-state index is 12.1. The van der Waals surface area contributed by atoms with Crippen molar-refractivity contribution in [3.8, 4) is 0 Å². The Morgan fingerprint density at radius 2 is 2.22 bits per heavy atom. The van der Waals surface area contributed by atoms with E-state index in [9.17, 15) is 4.79 Å². The van der Waals surface area contributed by atoms with Crippen LogP contribution in [0, 0.1) is 5.92 Å². The Morgan fingerprint density at radius 3 is 2.94 bits per heavy atom. The van der Waals surface area contributed by atoms with Crippen molar-refractivity contribution in [1.29, 1.82) is 0 Å². The van der Waals surface area contributed by atoms with E-state index in [1.54, 1.807) is 0 Å². The zero-order chi connectivity index (χ0) is 13.0. The Kier molecular flexibility index (Phi) is 4.95. The van der Waals surface area contributed by atoms with Crippen molar-refractivity contribution in [2.45, 2.75) is 26.2 Å². The summed E-state index contributed by atoms with van der Waals surface area (Å²) in [6.45, 7) is 5.48. The van der Waals surface area contributed by atoms with Crippen LogP contribution in [0.15, 0.2) is 28.7 Å². The molecule has 0 radical (unpaired) electrons. The summed E-state index contributed by atoms with van der Waals surface area (Å²) in [6.07, 6.45) is 3.22. The van der Waals surface area contributed by atoms with Crippen LogP contribution in [-0.2, 0) is 0 Å². The van der Waals surface area contributed by atoms with E-state index in [2.05, 4.69) is 27.8 Å². The first-order valence-corrected chi connectivity index (χ1v) is 7.46. The van der Waals surface area contributed by atoms with Crippen LogP contribution in [0.3, 0.4) is 0 Å². The van der Waals surface area contributed by atoms with Crippen LogP contribution in [-0.4, -0.2) is 30.3 Å². The fourth-order valence-corrected chi connectivity index (χ4v) is 3.08. The van der Waals surface area contributed by atoms with Crippen LogP contribution in [0.2, 0.25) is 0 Å². The number of Topliss-reactive ketones (excluding diaryl/α,β-unsaturated/α-hetero) is 1. The van der Waals surface area contributed by atoms with Crippen molar-refractivity contribution in [1.82, 2.24) is 4.90 Å². The van der Waals surface area contributed by atoms with Gasteiger partial charge in [-0.1, -0.05) is 41.1 Å². The van der Waals surface area contributed by atoms with Gasteiger partial charge in [0.25, 0.3) is 0 Å². The molecule has 2 nitrogen and oxygen atoms in total. The molecule has 1 aliphatic rings. The summed E-state index contributed by atoms with van der Waals surface area (Å²) in [4.78, 5) is 14.6. The molecule has 98 valence electrons. The second-order valence-corrected chi connectivity index (χ2v) is 6.06. The monoisotopic (exact) mass is 309 g/mol. The van der Waals surface area contributed by atoms with Crippen molar-refractivity contribution in [3.63, 3.8) is 0 Å². The first-order valence-electron chi connectivity index (χ1n) is 6.67. The SMILES string of the molecule is CC1CCCN(CCC(=O)c2ccccc2Br)C1. The molecule has 0 aromatic heterocycles. The van der Waals surface area contributed by atoms with Crippen molar-refractivity contribution >= 4 is 21.7 Å². The third kappa shape index (κ3) is 3.66. The molecule has 3 heteroatoms. The zero-order valence-electron chi connectivity index (χ0n) is 10.9. The van der Waals surface area contributed by atoms with Crippen molar-refractivity contribution in [2.24, 2.45) is 5.92 Å². The first kappa shape index (κ1) is 13.8. The van der Waals surface area contributed by atoms with Crippen molar-refractivity contribution in [3.05, 3.63) is 34.3 Å². The van der Waals surface area contributed by atoms with E-state index in [1.165, 1.54) is 12.8 Å². The van der Waals surface area contributed by atoms with Crippen LogP contribution in [0.4, 0.5) is 0 Å². The molecule has 0 spiro atoms. The van der Waals surface area contributed by atoms with Crippen molar-refractivity contribution < 1.29 is 4.79 Å². The summed E-state index contributed by atoms with van der Waals surface area (Å²) in [5.41, 5.74) is 0.808. The maximum absolute atomic E-state index is 12.1. The molecule has 1 unspecified atom stereocenters. The molecule has 0 bridgehead atoms. The predicted molar refractivity (Wildman–Crippen MR) is 77.9 cm³/mol. The quantitative estimate of drug-likeness (QED) is 0.789. The third-order valence-electron chi connectivity index (χ3n) is 3.57. The lowest BCUT2D eigenvalue weighted by atomic mass is 9.99. The molecule has 2 rings (SSSR count). The standard InChI is InChI=1S/C15H20BrNO/c1-12-5-4-9-17(11-12)10-8-15(18)13-6-2-3-7-14(13)16/h2-3,6-7,12H,4-5,8-11H2,1H3. The highest BCUT2D eigenvalue weighted by molar-refractivity contribution is 9.10. The second kappa shape index (κ2) is 6.48. The summed E-state index contributed by atoms with van der Waals surface area (Å²) in [7, 11) is 0. The number of halogens is 1. The van der Waals surface area contributed by atoms with E-state index in [0.29, 0.717) is 6.42 Å². The van der Waals surface area contributed by atoms with Gasteiger partial charge in [-0.3, -0.25) is 4.79 Å². The number of ketones is 1. The average molecular weight is 310 g/mol. The number of piperidine rings is 1. The van der Waals surface area contributed by atoms with E-state index in [4.69, 9.17) is 0 Å². The average Bonchev–Trinajstić information content (AvgIpc) is 2.37. The largest absolute Gasteiger partial charge is 0.303 e. The smallest absolute Gasteiger partial charge is 0.165 e. The summed E-state index contributed by atoms with van der Waals surface area (Å²) < 4.78 is 0.905. The number of nitrogens with zero attached hydrogens (tertiary/aromatic N) is 1. The number of carbonyl (C=O) groups is 1. The van der Waals surface area contributed by atoms with E-state index in [1.807, 2.05) is 24.3 Å². The summed E-state index contributed by atoms with van der Waals surface area (Å²) in [5.74, 6) is 1.01. The normalized spacial score (nSPS) is 20.9. The van der Waals surface area contributed by atoms with Gasteiger partial charge >= 0.3 is 0 Å². The lowest BCUT2D eigenvalue weighted by Gasteiger charge is -2.30. The van der Waals surface area contributed by atoms with Crippen LogP contribution in [0.25, 0.3) is 0 Å². The van der Waals surface area contributed by atoms with E-state index >= 15 is 0 Å². The van der Waals surface area contributed by atoms with E-state index in [-0.39, 0.29) is 5.78 Å². The van der Waals surface area contributed by atoms with Crippen LogP contribution < -0.4 is 0 Å². The number of likely N-dealkylation sites (tertiary alicyclic amines) is 1. The highest BCUT2D eigenvalue weighted by atomic mass is 79.9. The minimum atomic E-state index is 0.237. The van der Waals surface area contributed by atoms with Gasteiger partial charge in [0.2, 0.25) is 0 Å². The Bertz CT molecular complexity index is 419. The van der Waals surface area contributed by atoms with Gasteiger partial charge in [-0.25, -0.2) is 0 Å². The van der Waals surface area contributed by atoms with E-state index < -0.39 is 0 Å². The van der Waals surface area contributed by atoms with Crippen LogP contribution in [0.1, 0.15) is 36.5 Å². The molecule has 1 aromatic rings. The number of rotatable bonds is 4. The lowest BCUT2D eigenvalue weighted by molar-refractivity contribution is 0.0948. The highest BCUT2D eigenvalue weighted by Gasteiger charge is 2.17. The molecular formula is C15H20BrNO. The van der Waals surface area contributed by atoms with Crippen LogP contribution >= 0.6 is 15.9 Å². The molecule has 1 atom stereocenters. The van der Waals surface area contributed by atoms with Gasteiger partial charge in [0.05, 0.1) is 0 Å². The van der Waals surface area contributed by atoms with Gasteiger partial charge in [-0.15, -0.1) is 0 Å². The minimum Gasteiger partial charge on any atom is -0.303 e. The number of hydrogen-bond acceptors (Lipinski definition) is 2. The Morgan fingerprint density at radius 1 is 1.44 bits per heavy atom. The fraction of sp³-hybridized carbons (Fsp3) is 0.533. The van der Waals surface area contributed by atoms with Gasteiger partial charge in [-0.2, -0.15) is 0 Å². The Labute approximate surface area is 117 Å². The summed E-state index contributed by atoms with van der Waals surface area (Å²) in [6, 6.07) is 7.68. The van der Waals surface area contributed by atoms with Crippen molar-refractivity contribution in [2.75, 3.05) is 19.6 Å².